The van der Waals surface area contributed by atoms with E-state index in [1.165, 1.54) is 0 Å². The third kappa shape index (κ3) is 3.42. The molecular formula is C26H22N6O. The molecule has 1 aromatic carbocycles. The zero-order chi connectivity index (χ0) is 23.2. The van der Waals surface area contributed by atoms with Crippen molar-refractivity contribution in [3.63, 3.8) is 0 Å². The van der Waals surface area contributed by atoms with E-state index in [9.17, 15) is 10.1 Å². The summed E-state index contributed by atoms with van der Waals surface area (Å²) in [6, 6.07) is 17.8. The van der Waals surface area contributed by atoms with Gasteiger partial charge in [-0.05, 0) is 66.9 Å². The van der Waals surface area contributed by atoms with Crippen molar-refractivity contribution >= 4 is 11.0 Å². The summed E-state index contributed by atoms with van der Waals surface area (Å²) in [5.74, 6) is 0. The second kappa shape index (κ2) is 7.61. The van der Waals surface area contributed by atoms with E-state index < -0.39 is 5.41 Å². The third-order valence-electron chi connectivity index (χ3n) is 5.97. The summed E-state index contributed by atoms with van der Waals surface area (Å²) in [6.07, 6.45) is 7.19. The molecule has 0 aliphatic heterocycles. The van der Waals surface area contributed by atoms with E-state index >= 15 is 0 Å². The molecule has 33 heavy (non-hydrogen) atoms. The average Bonchev–Trinajstić information content (AvgIpc) is 3.43. The van der Waals surface area contributed by atoms with Crippen LogP contribution in [0.1, 0.15) is 19.4 Å². The van der Waals surface area contributed by atoms with Crippen molar-refractivity contribution in [3.8, 4) is 34.3 Å². The molecule has 0 radical (unpaired) electrons. The van der Waals surface area contributed by atoms with Crippen LogP contribution >= 0.6 is 0 Å². The first-order valence-electron chi connectivity index (χ1n) is 10.6. The number of nitrogens with one attached hydrogen (secondary N) is 1. The highest BCUT2D eigenvalue weighted by molar-refractivity contribution is 5.93. The first-order valence-corrected chi connectivity index (χ1v) is 10.6. The summed E-state index contributed by atoms with van der Waals surface area (Å²) in [4.78, 5) is 25.1. The van der Waals surface area contributed by atoms with Gasteiger partial charge in [-0.1, -0.05) is 12.1 Å². The predicted molar refractivity (Wildman–Crippen MR) is 128 cm³/mol. The summed E-state index contributed by atoms with van der Waals surface area (Å²) in [5.41, 5.74) is 5.07. The number of nitrogens with zero attached hydrogens (tertiary/aromatic N) is 5. The number of hydrogen-bond donors (Lipinski definition) is 1. The van der Waals surface area contributed by atoms with Crippen LogP contribution in [0.4, 0.5) is 0 Å². The van der Waals surface area contributed by atoms with Crippen LogP contribution < -0.4 is 5.69 Å². The average molecular weight is 435 g/mol. The summed E-state index contributed by atoms with van der Waals surface area (Å²) in [6.45, 7) is 3.75. The standard InChI is InChI=1S/C26H22N6O/c1-26(2,16-27)18-4-6-19(7-5-18)32-23(15-31(3)25(32)33)22-14-17(8-11-28-22)20-9-12-29-24-21(20)10-13-30-24/h4-15H,1-3H3,(H,29,30). The lowest BCUT2D eigenvalue weighted by Gasteiger charge is -2.16. The molecule has 0 atom stereocenters. The number of benzene rings is 1. The monoisotopic (exact) mass is 434 g/mol. The van der Waals surface area contributed by atoms with Gasteiger partial charge in [0.15, 0.2) is 0 Å². The van der Waals surface area contributed by atoms with Gasteiger partial charge in [0, 0.05) is 37.2 Å². The predicted octanol–water partition coefficient (Wildman–Crippen LogP) is 4.58. The second-order valence-electron chi connectivity index (χ2n) is 8.56. The number of aryl methyl sites for hydroxylation is 1. The van der Waals surface area contributed by atoms with Crippen molar-refractivity contribution < 1.29 is 0 Å². The van der Waals surface area contributed by atoms with E-state index in [4.69, 9.17) is 0 Å². The molecule has 0 aliphatic carbocycles. The van der Waals surface area contributed by atoms with E-state index in [1.807, 2.05) is 68.6 Å². The highest BCUT2D eigenvalue weighted by Gasteiger charge is 2.21. The third-order valence-corrected chi connectivity index (χ3v) is 5.97. The summed E-state index contributed by atoms with van der Waals surface area (Å²) >= 11 is 0. The lowest BCUT2D eigenvalue weighted by Crippen LogP contribution is -2.21. The molecule has 7 nitrogen and oxygen atoms in total. The van der Waals surface area contributed by atoms with Crippen LogP contribution in [0.25, 0.3) is 39.2 Å². The van der Waals surface area contributed by atoms with Crippen LogP contribution in [-0.2, 0) is 12.5 Å². The molecular weight excluding hydrogens is 412 g/mol. The first-order chi connectivity index (χ1) is 15.9. The maximum atomic E-state index is 13.0. The SMILES string of the molecule is Cn1cc(-c2cc(-c3ccnc4[nH]ccc34)ccn2)n(-c2ccc(C(C)(C)C#N)cc2)c1=O. The molecule has 0 spiro atoms. The van der Waals surface area contributed by atoms with E-state index in [-0.39, 0.29) is 5.69 Å². The zero-order valence-corrected chi connectivity index (χ0v) is 18.6. The van der Waals surface area contributed by atoms with Crippen molar-refractivity contribution in [3.05, 3.63) is 89.4 Å². The van der Waals surface area contributed by atoms with Gasteiger partial charge in [0.1, 0.15) is 5.65 Å². The minimum absolute atomic E-state index is 0.165. The summed E-state index contributed by atoms with van der Waals surface area (Å²) in [5, 5.41) is 10.4. The van der Waals surface area contributed by atoms with Gasteiger partial charge < -0.3 is 9.55 Å². The van der Waals surface area contributed by atoms with E-state index in [0.717, 1.165) is 33.4 Å². The highest BCUT2D eigenvalue weighted by atomic mass is 16.1. The Morgan fingerprint density at radius 2 is 1.79 bits per heavy atom. The Bertz CT molecular complexity index is 1580. The van der Waals surface area contributed by atoms with Crippen LogP contribution in [0.2, 0.25) is 0 Å². The fraction of sp³-hybridized carbons (Fsp3) is 0.154. The number of H-pyrrole nitrogens is 1. The molecule has 5 rings (SSSR count). The number of aromatic nitrogens is 5. The van der Waals surface area contributed by atoms with Gasteiger partial charge in [0.25, 0.3) is 0 Å². The Kier molecular flexibility index (Phi) is 4.72. The van der Waals surface area contributed by atoms with Crippen molar-refractivity contribution in [1.82, 2.24) is 24.1 Å². The van der Waals surface area contributed by atoms with Gasteiger partial charge in [0.2, 0.25) is 0 Å². The molecule has 4 heterocycles. The molecule has 0 amide bonds. The van der Waals surface area contributed by atoms with Crippen molar-refractivity contribution in [2.45, 2.75) is 19.3 Å². The number of pyridine rings is 2. The van der Waals surface area contributed by atoms with E-state index in [2.05, 4.69) is 21.0 Å². The van der Waals surface area contributed by atoms with Gasteiger partial charge in [0.05, 0.1) is 28.6 Å². The maximum absolute atomic E-state index is 13.0. The Labute approximate surface area is 190 Å². The van der Waals surface area contributed by atoms with E-state index in [1.54, 1.807) is 34.8 Å². The Morgan fingerprint density at radius 1 is 1.03 bits per heavy atom. The van der Waals surface area contributed by atoms with Crippen molar-refractivity contribution in [1.29, 1.82) is 5.26 Å². The normalized spacial score (nSPS) is 11.6. The lowest BCUT2D eigenvalue weighted by atomic mass is 9.86. The van der Waals surface area contributed by atoms with Gasteiger partial charge in [-0.15, -0.1) is 0 Å². The van der Waals surface area contributed by atoms with Gasteiger partial charge >= 0.3 is 5.69 Å². The molecule has 0 saturated carbocycles. The molecule has 0 aliphatic rings. The minimum Gasteiger partial charge on any atom is -0.346 e. The first kappa shape index (κ1) is 20.5. The molecule has 0 saturated heterocycles. The Balaban J connectivity index is 1.63. The van der Waals surface area contributed by atoms with Gasteiger partial charge in [-0.25, -0.2) is 9.78 Å². The number of fused-ring (bicyclic) bond motifs is 1. The smallest absolute Gasteiger partial charge is 0.333 e. The number of imidazole rings is 1. The molecule has 1 N–H and O–H groups in total. The number of aromatic amines is 1. The van der Waals surface area contributed by atoms with Gasteiger partial charge in [-0.2, -0.15) is 5.26 Å². The van der Waals surface area contributed by atoms with Crippen LogP contribution in [-0.4, -0.2) is 24.1 Å². The fourth-order valence-corrected chi connectivity index (χ4v) is 4.03. The van der Waals surface area contributed by atoms with E-state index in [0.29, 0.717) is 11.4 Å². The molecule has 0 fully saturated rings. The molecule has 7 heteroatoms. The quantitative estimate of drug-likeness (QED) is 0.448. The van der Waals surface area contributed by atoms with Crippen LogP contribution in [0.3, 0.4) is 0 Å². The molecule has 5 aromatic rings. The fourth-order valence-electron chi connectivity index (χ4n) is 4.03. The minimum atomic E-state index is -0.604. The summed E-state index contributed by atoms with van der Waals surface area (Å²) in [7, 11) is 1.73. The van der Waals surface area contributed by atoms with Crippen molar-refractivity contribution in [2.24, 2.45) is 7.05 Å². The van der Waals surface area contributed by atoms with Crippen LogP contribution in [0.15, 0.2) is 78.1 Å². The van der Waals surface area contributed by atoms with Gasteiger partial charge in [-0.3, -0.25) is 9.55 Å². The molecule has 0 unspecified atom stereocenters. The van der Waals surface area contributed by atoms with Crippen molar-refractivity contribution in [2.75, 3.05) is 0 Å². The van der Waals surface area contributed by atoms with Crippen LogP contribution in [0, 0.1) is 11.3 Å². The number of rotatable bonds is 4. The largest absolute Gasteiger partial charge is 0.346 e. The van der Waals surface area contributed by atoms with Crippen LogP contribution in [0.5, 0.6) is 0 Å². The lowest BCUT2D eigenvalue weighted by molar-refractivity contribution is 0.686. The highest BCUT2D eigenvalue weighted by Crippen LogP contribution is 2.30. The molecule has 0 bridgehead atoms. The topological polar surface area (TPSA) is 92.3 Å². The number of nitriles is 1. The molecule has 162 valence electrons. The summed E-state index contributed by atoms with van der Waals surface area (Å²) < 4.78 is 3.20. The number of hydrogen-bond acceptors (Lipinski definition) is 4. The molecule has 4 aromatic heterocycles. The second-order valence-corrected chi connectivity index (χ2v) is 8.56. The Morgan fingerprint density at radius 3 is 2.55 bits per heavy atom. The Hall–Kier alpha value is -4.44. The maximum Gasteiger partial charge on any atom is 0.333 e. The zero-order valence-electron chi connectivity index (χ0n) is 18.6.